The van der Waals surface area contributed by atoms with E-state index in [9.17, 15) is 8.78 Å². The molecule has 3 unspecified atom stereocenters. The van der Waals surface area contributed by atoms with Crippen LogP contribution in [0.25, 0.3) is 0 Å². The highest BCUT2D eigenvalue weighted by atomic mass is 19.3. The van der Waals surface area contributed by atoms with E-state index in [2.05, 4.69) is 34.6 Å². The molecule has 0 spiro atoms. The Kier molecular flexibility index (Phi) is 5.23. The molecule has 0 aromatic heterocycles. The molecule has 2 saturated carbocycles. The van der Waals surface area contributed by atoms with Gasteiger partial charge in [0.05, 0.1) is 24.9 Å². The van der Waals surface area contributed by atoms with Crippen molar-refractivity contribution in [2.45, 2.75) is 84.4 Å². The Labute approximate surface area is 133 Å². The number of ether oxygens (including phenoxy) is 2. The van der Waals surface area contributed by atoms with Gasteiger partial charge in [0.1, 0.15) is 0 Å². The second-order valence-corrected chi connectivity index (χ2v) is 8.79. The van der Waals surface area contributed by atoms with Crippen molar-refractivity contribution in [1.29, 1.82) is 0 Å². The van der Waals surface area contributed by atoms with Gasteiger partial charge in [-0.15, -0.1) is 0 Å². The Morgan fingerprint density at radius 2 is 1.77 bits per heavy atom. The van der Waals surface area contributed by atoms with Crippen LogP contribution in [0, 0.1) is 17.3 Å². The summed E-state index contributed by atoms with van der Waals surface area (Å²) >= 11 is 0. The smallest absolute Gasteiger partial charge is 0.248 e. The van der Waals surface area contributed by atoms with Gasteiger partial charge in [0.15, 0.2) is 0 Å². The quantitative estimate of drug-likeness (QED) is 0.623. The molecule has 0 aromatic rings. The minimum atomic E-state index is -2.43. The third kappa shape index (κ3) is 5.45. The maximum absolute atomic E-state index is 12.8. The van der Waals surface area contributed by atoms with Crippen LogP contribution in [0.3, 0.4) is 0 Å². The summed E-state index contributed by atoms with van der Waals surface area (Å²) in [6, 6.07) is 0. The highest BCUT2D eigenvalue weighted by Gasteiger charge is 2.50. The molecule has 2 aliphatic carbocycles. The topological polar surface area (TPSA) is 18.5 Å². The first kappa shape index (κ1) is 18.1. The maximum Gasteiger partial charge on any atom is 0.248 e. The van der Waals surface area contributed by atoms with Crippen LogP contribution in [0.15, 0.2) is 0 Å². The summed E-state index contributed by atoms with van der Waals surface area (Å²) in [4.78, 5) is 0. The summed E-state index contributed by atoms with van der Waals surface area (Å²) in [5.41, 5.74) is 0.317. The molecule has 0 heterocycles. The molecule has 3 atom stereocenters. The molecule has 0 aliphatic heterocycles. The maximum atomic E-state index is 12.8. The van der Waals surface area contributed by atoms with Crippen LogP contribution in [0.4, 0.5) is 8.78 Å². The lowest BCUT2D eigenvalue weighted by Crippen LogP contribution is -2.38. The van der Waals surface area contributed by atoms with Crippen molar-refractivity contribution in [3.05, 3.63) is 0 Å². The van der Waals surface area contributed by atoms with Crippen molar-refractivity contribution in [2.24, 2.45) is 17.3 Å². The minimum Gasteiger partial charge on any atom is -0.378 e. The van der Waals surface area contributed by atoms with Gasteiger partial charge in [0.25, 0.3) is 0 Å². The molecule has 2 aliphatic rings. The third-order valence-electron chi connectivity index (χ3n) is 5.17. The summed E-state index contributed by atoms with van der Waals surface area (Å²) in [5, 5.41) is 0. The van der Waals surface area contributed by atoms with Crippen molar-refractivity contribution in [2.75, 3.05) is 13.2 Å². The van der Waals surface area contributed by atoms with Gasteiger partial charge in [-0.1, -0.05) is 6.92 Å². The number of hydrogen-bond donors (Lipinski definition) is 0. The zero-order valence-corrected chi connectivity index (χ0v) is 14.8. The van der Waals surface area contributed by atoms with Crippen molar-refractivity contribution in [3.63, 3.8) is 0 Å². The summed E-state index contributed by atoms with van der Waals surface area (Å²) in [7, 11) is 0. The Hall–Kier alpha value is -0.220. The van der Waals surface area contributed by atoms with Crippen LogP contribution < -0.4 is 0 Å². The second-order valence-electron chi connectivity index (χ2n) is 8.79. The van der Waals surface area contributed by atoms with Crippen LogP contribution in [0.1, 0.15) is 66.7 Å². The minimum absolute atomic E-state index is 0.00362. The third-order valence-corrected chi connectivity index (χ3v) is 5.17. The van der Waals surface area contributed by atoms with Crippen LogP contribution in [0.5, 0.6) is 0 Å². The van der Waals surface area contributed by atoms with Gasteiger partial charge >= 0.3 is 0 Å². The van der Waals surface area contributed by atoms with Crippen molar-refractivity contribution >= 4 is 0 Å². The van der Waals surface area contributed by atoms with Gasteiger partial charge in [-0.25, -0.2) is 8.78 Å². The normalized spacial score (nSPS) is 32.6. The summed E-state index contributed by atoms with van der Waals surface area (Å²) in [6.45, 7) is 12.0. The first-order valence-electron chi connectivity index (χ1n) is 8.62. The first-order valence-corrected chi connectivity index (χ1v) is 8.62. The number of alkyl halides is 2. The van der Waals surface area contributed by atoms with Crippen molar-refractivity contribution in [3.8, 4) is 0 Å². The molecule has 0 N–H and O–H groups in total. The Bertz CT molecular complexity index is 370. The lowest BCUT2D eigenvalue weighted by Gasteiger charge is -2.35. The molecule has 0 aromatic carbocycles. The van der Waals surface area contributed by atoms with Crippen LogP contribution >= 0.6 is 0 Å². The fraction of sp³-hybridized carbons (Fsp3) is 1.00. The van der Waals surface area contributed by atoms with E-state index in [1.807, 2.05) is 0 Å². The molecular weight excluding hydrogens is 286 g/mol. The Balaban J connectivity index is 1.56. The predicted octanol–water partition coefficient (Wildman–Crippen LogP) is 5.06. The second kappa shape index (κ2) is 6.35. The number of hydrogen-bond acceptors (Lipinski definition) is 2. The molecule has 0 bridgehead atoms. The van der Waals surface area contributed by atoms with Gasteiger partial charge < -0.3 is 9.47 Å². The number of halogens is 2. The van der Waals surface area contributed by atoms with Gasteiger partial charge in [0.2, 0.25) is 5.92 Å². The molecule has 0 radical (unpaired) electrons. The van der Waals surface area contributed by atoms with E-state index >= 15 is 0 Å². The van der Waals surface area contributed by atoms with E-state index in [-0.39, 0.29) is 30.5 Å². The van der Waals surface area contributed by atoms with E-state index in [1.54, 1.807) is 0 Å². The van der Waals surface area contributed by atoms with Crippen LogP contribution in [-0.4, -0.2) is 30.8 Å². The first-order chi connectivity index (χ1) is 9.99. The van der Waals surface area contributed by atoms with E-state index in [4.69, 9.17) is 9.47 Å². The highest BCUT2D eigenvalue weighted by Crippen LogP contribution is 2.56. The van der Waals surface area contributed by atoms with E-state index in [0.717, 1.165) is 19.4 Å². The molecule has 130 valence electrons. The zero-order chi connectivity index (χ0) is 16.6. The highest BCUT2D eigenvalue weighted by molar-refractivity contribution is 4.99. The predicted molar refractivity (Wildman–Crippen MR) is 84.2 cm³/mol. The molecule has 4 heteroatoms. The van der Waals surface area contributed by atoms with Gasteiger partial charge in [0, 0.05) is 12.8 Å². The van der Waals surface area contributed by atoms with Crippen LogP contribution in [0.2, 0.25) is 0 Å². The van der Waals surface area contributed by atoms with E-state index in [1.165, 1.54) is 6.42 Å². The van der Waals surface area contributed by atoms with Gasteiger partial charge in [-0.3, -0.25) is 0 Å². The molecule has 0 amide bonds. The fourth-order valence-electron chi connectivity index (χ4n) is 3.24. The number of rotatable bonds is 8. The Morgan fingerprint density at radius 3 is 2.32 bits per heavy atom. The van der Waals surface area contributed by atoms with Crippen LogP contribution in [-0.2, 0) is 9.47 Å². The lowest BCUT2D eigenvalue weighted by atomic mass is 9.82. The summed E-state index contributed by atoms with van der Waals surface area (Å²) in [5.74, 6) is -1.72. The van der Waals surface area contributed by atoms with E-state index in [0.29, 0.717) is 17.9 Å². The zero-order valence-electron chi connectivity index (χ0n) is 14.8. The van der Waals surface area contributed by atoms with Crippen molar-refractivity contribution < 1.29 is 18.3 Å². The summed E-state index contributed by atoms with van der Waals surface area (Å²) < 4.78 is 37.1. The van der Waals surface area contributed by atoms with Gasteiger partial charge in [-0.2, -0.15) is 0 Å². The molecule has 2 nitrogen and oxygen atoms in total. The average Bonchev–Trinajstić information content (AvgIpc) is 3.00. The standard InChI is InChI=1S/C18H32F2O2/c1-13(21-11-14-8-18(19,20)9-14)6-7-17(5)10-15(17)12-22-16(2,3)4/h13-15H,6-12H2,1-5H3. The average molecular weight is 318 g/mol. The molecule has 22 heavy (non-hydrogen) atoms. The Morgan fingerprint density at radius 1 is 1.14 bits per heavy atom. The SMILES string of the molecule is CC(CCC1(C)CC1COC(C)(C)C)OCC1CC(F)(F)C1. The largest absolute Gasteiger partial charge is 0.378 e. The fourth-order valence-corrected chi connectivity index (χ4v) is 3.24. The lowest BCUT2D eigenvalue weighted by molar-refractivity contribution is -0.134. The molecule has 2 rings (SSSR count). The molecule has 2 fully saturated rings. The van der Waals surface area contributed by atoms with Gasteiger partial charge in [-0.05, 0) is 64.2 Å². The summed E-state index contributed by atoms with van der Waals surface area (Å²) in [6.07, 6.45) is 3.53. The molecule has 0 saturated heterocycles. The molecular formula is C18H32F2O2. The van der Waals surface area contributed by atoms with E-state index < -0.39 is 5.92 Å². The monoisotopic (exact) mass is 318 g/mol. The van der Waals surface area contributed by atoms with Crippen molar-refractivity contribution in [1.82, 2.24) is 0 Å².